The number of esters is 2. The van der Waals surface area contributed by atoms with E-state index < -0.39 is 30.4 Å². The normalized spacial score (nSPS) is 25.1. The molecule has 2 unspecified atom stereocenters. The van der Waals surface area contributed by atoms with Gasteiger partial charge in [-0.25, -0.2) is 0 Å². The lowest BCUT2D eigenvalue weighted by molar-refractivity contribution is -0.253. The summed E-state index contributed by atoms with van der Waals surface area (Å²) >= 11 is 6.61. The van der Waals surface area contributed by atoms with Gasteiger partial charge in [-0.3, -0.25) is 14.4 Å². The first kappa shape index (κ1) is 28.9. The fraction of sp³-hybridized carbons (Fsp3) is 0.483. The third kappa shape index (κ3) is 7.09. The third-order valence-electron chi connectivity index (χ3n) is 7.20. The maximum absolute atomic E-state index is 12.7. The third-order valence-corrected chi connectivity index (χ3v) is 7.50. The van der Waals surface area contributed by atoms with Gasteiger partial charge in [0.15, 0.2) is 6.10 Å². The van der Waals surface area contributed by atoms with Crippen molar-refractivity contribution in [2.45, 2.75) is 46.2 Å². The Hall–Kier alpha value is -3.14. The highest BCUT2D eigenvalue weighted by Crippen LogP contribution is 2.37. The summed E-state index contributed by atoms with van der Waals surface area (Å²) in [6.07, 6.45) is -2.08. The molecular formula is C29H34ClNO8. The molecule has 39 heavy (non-hydrogen) atoms. The van der Waals surface area contributed by atoms with Gasteiger partial charge in [0, 0.05) is 38.4 Å². The quantitative estimate of drug-likeness (QED) is 0.462. The highest BCUT2D eigenvalue weighted by atomic mass is 35.5. The van der Waals surface area contributed by atoms with Crippen molar-refractivity contribution in [1.82, 2.24) is 4.90 Å². The molecule has 0 bridgehead atoms. The number of halogens is 1. The van der Waals surface area contributed by atoms with E-state index in [-0.39, 0.29) is 24.3 Å². The number of rotatable bonds is 7. The summed E-state index contributed by atoms with van der Waals surface area (Å²) in [5.74, 6) is -0.719. The first-order valence-corrected chi connectivity index (χ1v) is 13.4. The number of nitrogens with zero attached hydrogens (tertiary/aromatic N) is 1. The summed E-state index contributed by atoms with van der Waals surface area (Å²) < 4.78 is 28.3. The van der Waals surface area contributed by atoms with Crippen molar-refractivity contribution in [3.63, 3.8) is 0 Å². The van der Waals surface area contributed by atoms with E-state index in [1.807, 2.05) is 32.0 Å². The number of hydrogen-bond donors (Lipinski definition) is 0. The Morgan fingerprint density at radius 1 is 0.949 bits per heavy atom. The maximum atomic E-state index is 12.7. The van der Waals surface area contributed by atoms with Crippen molar-refractivity contribution in [1.29, 1.82) is 0 Å². The van der Waals surface area contributed by atoms with E-state index in [0.29, 0.717) is 42.6 Å². The molecule has 2 fully saturated rings. The smallest absolute Gasteiger partial charge is 0.303 e. The van der Waals surface area contributed by atoms with Crippen molar-refractivity contribution in [2.75, 3.05) is 32.9 Å². The molecule has 0 spiro atoms. The minimum absolute atomic E-state index is 0.0167. The first-order chi connectivity index (χ1) is 18.6. The highest BCUT2D eigenvalue weighted by Gasteiger charge is 2.45. The maximum Gasteiger partial charge on any atom is 0.303 e. The van der Waals surface area contributed by atoms with E-state index in [0.717, 1.165) is 11.1 Å². The summed E-state index contributed by atoms with van der Waals surface area (Å²) in [7, 11) is 0. The SMILES string of the molecule is CC(=O)OCC1O[C@H](Oc2ccc(-c3ccc(C(=O)N4CCOCC4)cc3)cc2Cl)C(OC(C)=O)[C@@H](C)[C@@H]1C. The molecule has 9 nitrogen and oxygen atoms in total. The number of carbonyl (C=O) groups is 3. The molecule has 1 amide bonds. The predicted molar refractivity (Wildman–Crippen MR) is 143 cm³/mol. The Morgan fingerprint density at radius 3 is 2.23 bits per heavy atom. The zero-order valence-corrected chi connectivity index (χ0v) is 23.3. The lowest BCUT2D eigenvalue weighted by Gasteiger charge is -2.43. The average molecular weight is 560 g/mol. The minimum atomic E-state index is -0.950. The van der Waals surface area contributed by atoms with E-state index in [4.69, 9.17) is 35.3 Å². The molecule has 0 N–H and O–H groups in total. The summed E-state index contributed by atoms with van der Waals surface area (Å²) in [6, 6.07) is 12.7. The van der Waals surface area contributed by atoms with Gasteiger partial charge in [0.2, 0.25) is 6.29 Å². The molecule has 2 aromatic rings. The van der Waals surface area contributed by atoms with Crippen molar-refractivity contribution < 1.29 is 38.1 Å². The molecule has 5 atom stereocenters. The fourth-order valence-electron chi connectivity index (χ4n) is 4.75. The first-order valence-electron chi connectivity index (χ1n) is 13.0. The Balaban J connectivity index is 1.49. The van der Waals surface area contributed by atoms with E-state index >= 15 is 0 Å². The molecule has 0 aliphatic carbocycles. The molecule has 0 aromatic heterocycles. The van der Waals surface area contributed by atoms with Crippen LogP contribution in [0.3, 0.4) is 0 Å². The molecule has 0 saturated carbocycles. The van der Waals surface area contributed by atoms with Crippen LogP contribution < -0.4 is 4.74 Å². The van der Waals surface area contributed by atoms with Gasteiger partial charge in [-0.15, -0.1) is 0 Å². The molecule has 2 saturated heterocycles. The summed E-state index contributed by atoms with van der Waals surface area (Å²) in [5.41, 5.74) is 2.34. The fourth-order valence-corrected chi connectivity index (χ4v) is 4.98. The minimum Gasteiger partial charge on any atom is -0.463 e. The van der Waals surface area contributed by atoms with Gasteiger partial charge in [-0.1, -0.05) is 43.6 Å². The number of hydrogen-bond acceptors (Lipinski definition) is 8. The molecule has 2 heterocycles. The van der Waals surface area contributed by atoms with Gasteiger partial charge < -0.3 is 28.6 Å². The van der Waals surface area contributed by atoms with Crippen LogP contribution in [0.1, 0.15) is 38.1 Å². The van der Waals surface area contributed by atoms with Crippen molar-refractivity contribution in [2.24, 2.45) is 11.8 Å². The molecular weight excluding hydrogens is 526 g/mol. The van der Waals surface area contributed by atoms with Crippen LogP contribution >= 0.6 is 11.6 Å². The second-order valence-corrected chi connectivity index (χ2v) is 10.3. The van der Waals surface area contributed by atoms with Crippen LogP contribution in [0.4, 0.5) is 0 Å². The Labute approximate surface area is 233 Å². The Kier molecular flexibility index (Phi) is 9.48. The summed E-state index contributed by atoms with van der Waals surface area (Å²) in [5, 5.41) is 0.342. The molecule has 2 aliphatic rings. The number of benzene rings is 2. The Morgan fingerprint density at radius 2 is 1.62 bits per heavy atom. The van der Waals surface area contributed by atoms with Gasteiger partial charge >= 0.3 is 11.9 Å². The van der Waals surface area contributed by atoms with Crippen LogP contribution in [0.2, 0.25) is 5.02 Å². The zero-order valence-electron chi connectivity index (χ0n) is 22.6. The van der Waals surface area contributed by atoms with Crippen molar-refractivity contribution in [3.8, 4) is 16.9 Å². The van der Waals surface area contributed by atoms with Gasteiger partial charge in [0.1, 0.15) is 12.4 Å². The topological polar surface area (TPSA) is 101 Å². The molecule has 2 aromatic carbocycles. The Bertz CT molecular complexity index is 1180. The number of ether oxygens (including phenoxy) is 5. The van der Waals surface area contributed by atoms with Crippen LogP contribution in [0.25, 0.3) is 11.1 Å². The average Bonchev–Trinajstić information content (AvgIpc) is 2.93. The summed E-state index contributed by atoms with van der Waals surface area (Å²) in [6.45, 7) is 8.90. The van der Waals surface area contributed by atoms with Gasteiger partial charge in [-0.2, -0.15) is 0 Å². The van der Waals surface area contributed by atoms with Crippen molar-refractivity contribution in [3.05, 3.63) is 53.1 Å². The second-order valence-electron chi connectivity index (χ2n) is 9.88. The van der Waals surface area contributed by atoms with E-state index in [2.05, 4.69) is 0 Å². The van der Waals surface area contributed by atoms with E-state index in [1.165, 1.54) is 13.8 Å². The molecule has 4 rings (SSSR count). The second kappa shape index (κ2) is 12.8. The van der Waals surface area contributed by atoms with Gasteiger partial charge in [-0.05, 0) is 41.3 Å². The van der Waals surface area contributed by atoms with E-state index in [9.17, 15) is 14.4 Å². The van der Waals surface area contributed by atoms with Crippen LogP contribution in [0.15, 0.2) is 42.5 Å². The zero-order chi connectivity index (χ0) is 28.1. The number of amides is 1. The van der Waals surface area contributed by atoms with Gasteiger partial charge in [0.05, 0.1) is 24.3 Å². The molecule has 2 aliphatic heterocycles. The lowest BCUT2D eigenvalue weighted by atomic mass is 9.83. The largest absolute Gasteiger partial charge is 0.463 e. The summed E-state index contributed by atoms with van der Waals surface area (Å²) in [4.78, 5) is 37.7. The monoisotopic (exact) mass is 559 g/mol. The van der Waals surface area contributed by atoms with Crippen LogP contribution in [0, 0.1) is 11.8 Å². The van der Waals surface area contributed by atoms with Crippen LogP contribution in [-0.2, 0) is 28.5 Å². The number of carbonyl (C=O) groups excluding carboxylic acids is 3. The lowest BCUT2D eigenvalue weighted by Crippen LogP contribution is -2.54. The molecule has 0 radical (unpaired) electrons. The van der Waals surface area contributed by atoms with Crippen LogP contribution in [-0.4, -0.2) is 74.2 Å². The number of morpholine rings is 1. The highest BCUT2D eigenvalue weighted by molar-refractivity contribution is 6.32. The van der Waals surface area contributed by atoms with Crippen LogP contribution in [0.5, 0.6) is 5.75 Å². The predicted octanol–water partition coefficient (Wildman–Crippen LogP) is 4.35. The van der Waals surface area contributed by atoms with Gasteiger partial charge in [0.25, 0.3) is 5.91 Å². The van der Waals surface area contributed by atoms with Crippen molar-refractivity contribution >= 4 is 29.4 Å². The molecule has 10 heteroatoms. The van der Waals surface area contributed by atoms with E-state index in [1.54, 1.807) is 29.2 Å². The standard InChI is InChI=1S/C29H34ClNO8/c1-17-18(2)27(37-20(4)33)29(39-26(17)16-36-19(3)32)38-25-10-9-23(15-24(25)30)21-5-7-22(8-6-21)28(34)31-11-13-35-14-12-31/h5-10,15,17-18,26-27,29H,11-14,16H2,1-4H3/t17-,18-,26?,27?,29-/m0/s1. The molecule has 210 valence electrons.